The lowest BCUT2D eigenvalue weighted by molar-refractivity contribution is -0.123. The Bertz CT molecular complexity index is 398. The predicted molar refractivity (Wildman–Crippen MR) is 73.1 cm³/mol. The summed E-state index contributed by atoms with van der Waals surface area (Å²) >= 11 is 5.02. The maximum Gasteiger partial charge on any atom is 0.224 e. The van der Waals surface area contributed by atoms with Gasteiger partial charge in [0.15, 0.2) is 0 Å². The molecular formula is C11H14BrN3OS. The molecule has 1 aromatic carbocycles. The number of hydrogen-bond donors (Lipinski definition) is 3. The molecule has 6 heteroatoms. The summed E-state index contributed by atoms with van der Waals surface area (Å²) in [6, 6.07) is 8.13. The van der Waals surface area contributed by atoms with E-state index >= 15 is 0 Å². The minimum atomic E-state index is -0.244. The molecule has 2 rings (SSSR count). The van der Waals surface area contributed by atoms with Crippen LogP contribution in [0.25, 0.3) is 0 Å². The largest absolute Gasteiger partial charge is 0.332 e. The number of thioether (sulfide) groups is 1. The fraction of sp³-hybridized carbons (Fsp3) is 0.364. The smallest absolute Gasteiger partial charge is 0.224 e. The molecule has 4 nitrogen and oxygen atoms in total. The highest BCUT2D eigenvalue weighted by Gasteiger charge is 2.22. The Kier molecular flexibility index (Phi) is 4.44. The maximum atomic E-state index is 11.3. The minimum absolute atomic E-state index is 0.00422. The van der Waals surface area contributed by atoms with Gasteiger partial charge < -0.3 is 11.1 Å². The van der Waals surface area contributed by atoms with E-state index in [0.29, 0.717) is 6.42 Å². The molecule has 17 heavy (non-hydrogen) atoms. The van der Waals surface area contributed by atoms with Crippen molar-refractivity contribution in [2.24, 2.45) is 5.73 Å². The zero-order valence-corrected chi connectivity index (χ0v) is 11.6. The van der Waals surface area contributed by atoms with Crippen molar-refractivity contribution < 1.29 is 4.79 Å². The average molecular weight is 316 g/mol. The molecule has 1 fully saturated rings. The Hall–Kier alpha value is -0.560. The number of hydrogen-bond acceptors (Lipinski definition) is 4. The van der Waals surface area contributed by atoms with Crippen LogP contribution in [0.2, 0.25) is 0 Å². The lowest BCUT2D eigenvalue weighted by Crippen LogP contribution is -2.57. The van der Waals surface area contributed by atoms with Gasteiger partial charge in [-0.2, -0.15) is 0 Å². The maximum absolute atomic E-state index is 11.3. The van der Waals surface area contributed by atoms with Gasteiger partial charge in [-0.3, -0.25) is 10.1 Å². The summed E-state index contributed by atoms with van der Waals surface area (Å²) in [5.41, 5.74) is 6.83. The van der Waals surface area contributed by atoms with Gasteiger partial charge in [-0.15, -0.1) is 11.8 Å². The van der Waals surface area contributed by atoms with E-state index in [1.807, 2.05) is 12.1 Å². The highest BCUT2D eigenvalue weighted by Crippen LogP contribution is 2.19. The summed E-state index contributed by atoms with van der Waals surface area (Å²) in [5.74, 6) is 0.836. The van der Waals surface area contributed by atoms with Crippen LogP contribution in [0, 0.1) is 0 Å². The molecule has 1 aromatic rings. The summed E-state index contributed by atoms with van der Waals surface area (Å²) in [6.45, 7) is 0. The molecule has 2 atom stereocenters. The van der Waals surface area contributed by atoms with Crippen LogP contribution in [0.4, 0.5) is 0 Å². The van der Waals surface area contributed by atoms with E-state index in [0.717, 1.165) is 10.2 Å². The zero-order chi connectivity index (χ0) is 12.3. The summed E-state index contributed by atoms with van der Waals surface area (Å²) in [4.78, 5) is 11.3. The van der Waals surface area contributed by atoms with Crippen molar-refractivity contribution in [3.05, 3.63) is 34.3 Å². The third kappa shape index (κ3) is 3.99. The van der Waals surface area contributed by atoms with Gasteiger partial charge in [0.1, 0.15) is 5.50 Å². The second-order valence-electron chi connectivity index (χ2n) is 3.86. The molecular weight excluding hydrogens is 302 g/mol. The van der Waals surface area contributed by atoms with Gasteiger partial charge in [-0.1, -0.05) is 28.1 Å². The Balaban J connectivity index is 1.85. The normalized spacial score (nSPS) is 24.5. The first-order valence-electron chi connectivity index (χ1n) is 5.30. The van der Waals surface area contributed by atoms with Gasteiger partial charge in [0.25, 0.3) is 0 Å². The van der Waals surface area contributed by atoms with Gasteiger partial charge >= 0.3 is 0 Å². The van der Waals surface area contributed by atoms with Crippen LogP contribution < -0.4 is 16.4 Å². The third-order valence-corrected chi connectivity index (χ3v) is 4.01. The lowest BCUT2D eigenvalue weighted by Gasteiger charge is -2.28. The number of carbonyl (C=O) groups is 1. The summed E-state index contributed by atoms with van der Waals surface area (Å²) in [7, 11) is 0. The fourth-order valence-corrected chi connectivity index (χ4v) is 2.85. The molecule has 92 valence electrons. The summed E-state index contributed by atoms with van der Waals surface area (Å²) < 4.78 is 1.07. The van der Waals surface area contributed by atoms with E-state index < -0.39 is 0 Å². The highest BCUT2D eigenvalue weighted by atomic mass is 79.9. The highest BCUT2D eigenvalue weighted by molar-refractivity contribution is 9.10. The van der Waals surface area contributed by atoms with Crippen molar-refractivity contribution >= 4 is 33.6 Å². The van der Waals surface area contributed by atoms with Crippen LogP contribution in [-0.4, -0.2) is 17.6 Å². The van der Waals surface area contributed by atoms with Crippen molar-refractivity contribution in [1.29, 1.82) is 0 Å². The molecule has 2 unspecified atom stereocenters. The molecule has 0 spiro atoms. The Morgan fingerprint density at radius 3 is 2.76 bits per heavy atom. The molecule has 1 amide bonds. The first kappa shape index (κ1) is 12.9. The SMILES string of the molecule is NC1CC(=O)NC(SCc2ccc(Br)cc2)N1. The number of carbonyl (C=O) groups excluding carboxylic acids is 1. The van der Waals surface area contributed by atoms with Crippen molar-refractivity contribution in [2.75, 3.05) is 0 Å². The van der Waals surface area contributed by atoms with Crippen LogP contribution in [0.15, 0.2) is 28.7 Å². The molecule has 1 aliphatic rings. The van der Waals surface area contributed by atoms with Gasteiger partial charge in [0, 0.05) is 10.2 Å². The van der Waals surface area contributed by atoms with Gasteiger partial charge in [-0.05, 0) is 17.7 Å². The fourth-order valence-electron chi connectivity index (χ4n) is 1.55. The number of benzene rings is 1. The van der Waals surface area contributed by atoms with Crippen LogP contribution in [0.5, 0.6) is 0 Å². The minimum Gasteiger partial charge on any atom is -0.332 e. The zero-order valence-electron chi connectivity index (χ0n) is 9.15. The molecule has 4 N–H and O–H groups in total. The number of nitrogens with two attached hydrogens (primary N) is 1. The predicted octanol–water partition coefficient (Wildman–Crippen LogP) is 1.36. The van der Waals surface area contributed by atoms with Crippen LogP contribution >= 0.6 is 27.7 Å². The van der Waals surface area contributed by atoms with Gasteiger partial charge in [-0.25, -0.2) is 0 Å². The number of nitrogens with one attached hydrogen (secondary N) is 2. The topological polar surface area (TPSA) is 67.2 Å². The monoisotopic (exact) mass is 315 g/mol. The van der Waals surface area contributed by atoms with Crippen LogP contribution in [0.3, 0.4) is 0 Å². The van der Waals surface area contributed by atoms with Crippen molar-refractivity contribution in [3.63, 3.8) is 0 Å². The van der Waals surface area contributed by atoms with E-state index in [4.69, 9.17) is 5.73 Å². The molecule has 1 aliphatic heterocycles. The molecule has 0 bridgehead atoms. The number of rotatable bonds is 3. The van der Waals surface area contributed by atoms with E-state index in [2.05, 4.69) is 38.7 Å². The average Bonchev–Trinajstić information content (AvgIpc) is 2.27. The van der Waals surface area contributed by atoms with E-state index in [1.165, 1.54) is 5.56 Å². The van der Waals surface area contributed by atoms with Crippen LogP contribution in [0.1, 0.15) is 12.0 Å². The van der Waals surface area contributed by atoms with E-state index in [-0.39, 0.29) is 17.6 Å². The standard InChI is InChI=1S/C11H14BrN3OS/c12-8-3-1-7(2-4-8)6-17-11-14-9(13)5-10(16)15-11/h1-4,9,11,14H,5-6,13H2,(H,15,16). The molecule has 1 heterocycles. The van der Waals surface area contributed by atoms with Crippen molar-refractivity contribution in [2.45, 2.75) is 23.8 Å². The molecule has 1 saturated heterocycles. The first-order chi connectivity index (χ1) is 8.13. The van der Waals surface area contributed by atoms with Gasteiger partial charge in [0.05, 0.1) is 12.6 Å². The summed E-state index contributed by atoms with van der Waals surface area (Å²) in [6.07, 6.45) is 0.0983. The molecule has 0 saturated carbocycles. The van der Waals surface area contributed by atoms with Crippen LogP contribution in [-0.2, 0) is 10.5 Å². The quantitative estimate of drug-likeness (QED) is 0.788. The summed E-state index contributed by atoms with van der Waals surface area (Å²) in [5, 5.41) is 5.98. The molecule has 0 radical (unpaired) electrons. The second-order valence-corrected chi connectivity index (χ2v) is 5.87. The van der Waals surface area contributed by atoms with Crippen molar-refractivity contribution in [3.8, 4) is 0 Å². The molecule has 0 aliphatic carbocycles. The van der Waals surface area contributed by atoms with E-state index in [1.54, 1.807) is 11.8 Å². The second kappa shape index (κ2) is 5.86. The van der Waals surface area contributed by atoms with E-state index in [9.17, 15) is 4.79 Å². The van der Waals surface area contributed by atoms with Crippen molar-refractivity contribution in [1.82, 2.24) is 10.6 Å². The Morgan fingerprint density at radius 1 is 1.41 bits per heavy atom. The first-order valence-corrected chi connectivity index (χ1v) is 7.15. The molecule has 0 aromatic heterocycles. The third-order valence-electron chi connectivity index (χ3n) is 2.39. The lowest BCUT2D eigenvalue weighted by atomic mass is 10.2. The number of halogens is 1. The Morgan fingerprint density at radius 2 is 2.12 bits per heavy atom. The van der Waals surface area contributed by atoms with Gasteiger partial charge in [0.2, 0.25) is 5.91 Å². The Labute approximate surface area is 113 Å². The number of amides is 1.